The Morgan fingerprint density at radius 3 is 2.81 bits per heavy atom. The van der Waals surface area contributed by atoms with E-state index in [1.165, 1.54) is 6.07 Å². The SMILES string of the molecule is CCOCCC1(c2cccc(F)c2)CNC1. The first-order chi connectivity index (χ1) is 7.77. The summed E-state index contributed by atoms with van der Waals surface area (Å²) >= 11 is 0. The summed E-state index contributed by atoms with van der Waals surface area (Å²) in [4.78, 5) is 0. The molecule has 1 N–H and O–H groups in total. The van der Waals surface area contributed by atoms with E-state index in [4.69, 9.17) is 4.74 Å². The normalized spacial score (nSPS) is 18.1. The number of hydrogen-bond donors (Lipinski definition) is 1. The van der Waals surface area contributed by atoms with Gasteiger partial charge in [-0.1, -0.05) is 12.1 Å². The minimum absolute atomic E-state index is 0.0806. The standard InChI is InChI=1S/C13H18FNO/c1-2-16-7-6-13(9-15-10-13)11-4-3-5-12(14)8-11/h3-5,8,15H,2,6-7,9-10H2,1H3. The van der Waals surface area contributed by atoms with E-state index in [-0.39, 0.29) is 11.2 Å². The largest absolute Gasteiger partial charge is 0.382 e. The lowest BCUT2D eigenvalue weighted by Crippen LogP contribution is -2.57. The first-order valence-corrected chi connectivity index (χ1v) is 5.81. The van der Waals surface area contributed by atoms with Crippen molar-refractivity contribution in [2.45, 2.75) is 18.8 Å². The maximum atomic E-state index is 13.2. The number of ether oxygens (including phenoxy) is 1. The van der Waals surface area contributed by atoms with Gasteiger partial charge in [0, 0.05) is 31.7 Å². The summed E-state index contributed by atoms with van der Waals surface area (Å²) in [6, 6.07) is 6.93. The second kappa shape index (κ2) is 4.93. The van der Waals surface area contributed by atoms with Crippen LogP contribution in [-0.2, 0) is 10.2 Å². The third kappa shape index (κ3) is 2.25. The van der Waals surface area contributed by atoms with Gasteiger partial charge < -0.3 is 10.1 Å². The summed E-state index contributed by atoms with van der Waals surface area (Å²) in [5.74, 6) is -0.153. The van der Waals surface area contributed by atoms with Gasteiger partial charge in [0.25, 0.3) is 0 Å². The Hall–Kier alpha value is -0.930. The Bertz CT molecular complexity index is 350. The van der Waals surface area contributed by atoms with E-state index in [0.717, 1.165) is 38.3 Å². The van der Waals surface area contributed by atoms with Crippen LogP contribution < -0.4 is 5.32 Å². The van der Waals surface area contributed by atoms with Crippen molar-refractivity contribution in [3.05, 3.63) is 35.6 Å². The Morgan fingerprint density at radius 2 is 2.25 bits per heavy atom. The zero-order valence-corrected chi connectivity index (χ0v) is 9.63. The molecule has 0 amide bonds. The first-order valence-electron chi connectivity index (χ1n) is 5.81. The molecular weight excluding hydrogens is 205 g/mol. The number of hydrogen-bond acceptors (Lipinski definition) is 2. The minimum Gasteiger partial charge on any atom is -0.382 e. The van der Waals surface area contributed by atoms with Gasteiger partial charge in [0.05, 0.1) is 0 Å². The Kier molecular flexibility index (Phi) is 3.56. The quantitative estimate of drug-likeness (QED) is 0.772. The van der Waals surface area contributed by atoms with Crippen LogP contribution in [0.1, 0.15) is 18.9 Å². The van der Waals surface area contributed by atoms with E-state index < -0.39 is 0 Å². The average molecular weight is 223 g/mol. The highest BCUT2D eigenvalue weighted by Gasteiger charge is 2.38. The molecular formula is C13H18FNO. The van der Waals surface area contributed by atoms with E-state index >= 15 is 0 Å². The summed E-state index contributed by atoms with van der Waals surface area (Å²) in [6.45, 7) is 5.32. The molecule has 1 aromatic rings. The Morgan fingerprint density at radius 1 is 1.44 bits per heavy atom. The lowest BCUT2D eigenvalue weighted by atomic mass is 9.73. The van der Waals surface area contributed by atoms with Crippen LogP contribution >= 0.6 is 0 Å². The van der Waals surface area contributed by atoms with E-state index in [2.05, 4.69) is 5.32 Å². The molecule has 0 unspecified atom stereocenters. The second-order valence-electron chi connectivity index (χ2n) is 4.34. The fraction of sp³-hybridized carbons (Fsp3) is 0.538. The van der Waals surface area contributed by atoms with Crippen molar-refractivity contribution in [2.24, 2.45) is 0 Å². The highest BCUT2D eigenvalue weighted by atomic mass is 19.1. The van der Waals surface area contributed by atoms with E-state index in [1.54, 1.807) is 12.1 Å². The van der Waals surface area contributed by atoms with Gasteiger partial charge in [-0.05, 0) is 31.0 Å². The number of nitrogens with one attached hydrogen (secondary N) is 1. The fourth-order valence-corrected chi connectivity index (χ4v) is 2.18. The van der Waals surface area contributed by atoms with Crippen LogP contribution in [0.2, 0.25) is 0 Å². The van der Waals surface area contributed by atoms with Gasteiger partial charge in [-0.25, -0.2) is 4.39 Å². The third-order valence-electron chi connectivity index (χ3n) is 3.29. The predicted octanol–water partition coefficient (Wildman–Crippen LogP) is 2.09. The van der Waals surface area contributed by atoms with Crippen molar-refractivity contribution >= 4 is 0 Å². The highest BCUT2D eigenvalue weighted by Crippen LogP contribution is 2.32. The molecule has 0 saturated carbocycles. The maximum Gasteiger partial charge on any atom is 0.123 e. The van der Waals surface area contributed by atoms with Gasteiger partial charge in [0.2, 0.25) is 0 Å². The van der Waals surface area contributed by atoms with Crippen molar-refractivity contribution in [3.8, 4) is 0 Å². The molecule has 0 aliphatic carbocycles. The molecule has 1 heterocycles. The summed E-state index contributed by atoms with van der Waals surface area (Å²) in [5, 5.41) is 3.27. The molecule has 3 heteroatoms. The van der Waals surface area contributed by atoms with E-state index in [9.17, 15) is 4.39 Å². The number of halogens is 1. The smallest absolute Gasteiger partial charge is 0.123 e. The lowest BCUT2D eigenvalue weighted by Gasteiger charge is -2.43. The predicted molar refractivity (Wildman–Crippen MR) is 62.1 cm³/mol. The second-order valence-corrected chi connectivity index (χ2v) is 4.34. The molecule has 0 spiro atoms. The van der Waals surface area contributed by atoms with Crippen LogP contribution in [0, 0.1) is 5.82 Å². The molecule has 1 aliphatic heterocycles. The molecule has 0 aromatic heterocycles. The Balaban J connectivity index is 2.08. The molecule has 1 fully saturated rings. The average Bonchev–Trinajstić information content (AvgIpc) is 2.22. The van der Waals surface area contributed by atoms with Crippen molar-refractivity contribution in [1.29, 1.82) is 0 Å². The van der Waals surface area contributed by atoms with Crippen LogP contribution in [0.3, 0.4) is 0 Å². The maximum absolute atomic E-state index is 13.2. The molecule has 1 saturated heterocycles. The molecule has 0 radical (unpaired) electrons. The minimum atomic E-state index is -0.153. The topological polar surface area (TPSA) is 21.3 Å². The zero-order chi connectivity index (χ0) is 11.4. The molecule has 0 atom stereocenters. The van der Waals surface area contributed by atoms with Gasteiger partial charge in [0.1, 0.15) is 5.82 Å². The van der Waals surface area contributed by atoms with Gasteiger partial charge in [-0.3, -0.25) is 0 Å². The molecule has 16 heavy (non-hydrogen) atoms. The van der Waals surface area contributed by atoms with Gasteiger partial charge in [0.15, 0.2) is 0 Å². The monoisotopic (exact) mass is 223 g/mol. The molecule has 2 nitrogen and oxygen atoms in total. The molecule has 0 bridgehead atoms. The third-order valence-corrected chi connectivity index (χ3v) is 3.29. The van der Waals surface area contributed by atoms with Crippen LogP contribution in [-0.4, -0.2) is 26.3 Å². The fourth-order valence-electron chi connectivity index (χ4n) is 2.18. The van der Waals surface area contributed by atoms with Gasteiger partial charge in [-0.2, -0.15) is 0 Å². The Labute approximate surface area is 95.8 Å². The van der Waals surface area contributed by atoms with Crippen molar-refractivity contribution < 1.29 is 9.13 Å². The zero-order valence-electron chi connectivity index (χ0n) is 9.63. The number of benzene rings is 1. The molecule has 2 rings (SSSR count). The summed E-state index contributed by atoms with van der Waals surface area (Å²) in [6.07, 6.45) is 0.956. The van der Waals surface area contributed by atoms with Crippen molar-refractivity contribution in [1.82, 2.24) is 5.32 Å². The summed E-state index contributed by atoms with van der Waals surface area (Å²) in [5.41, 5.74) is 1.17. The van der Waals surface area contributed by atoms with E-state index in [1.807, 2.05) is 13.0 Å². The van der Waals surface area contributed by atoms with Crippen molar-refractivity contribution in [2.75, 3.05) is 26.3 Å². The van der Waals surface area contributed by atoms with Gasteiger partial charge >= 0.3 is 0 Å². The van der Waals surface area contributed by atoms with Crippen LogP contribution in [0.5, 0.6) is 0 Å². The van der Waals surface area contributed by atoms with E-state index in [0.29, 0.717) is 0 Å². The summed E-state index contributed by atoms with van der Waals surface area (Å²) in [7, 11) is 0. The van der Waals surface area contributed by atoms with Crippen LogP contribution in [0.25, 0.3) is 0 Å². The molecule has 1 aromatic carbocycles. The van der Waals surface area contributed by atoms with Gasteiger partial charge in [-0.15, -0.1) is 0 Å². The summed E-state index contributed by atoms with van der Waals surface area (Å²) < 4.78 is 18.6. The van der Waals surface area contributed by atoms with Crippen molar-refractivity contribution in [3.63, 3.8) is 0 Å². The van der Waals surface area contributed by atoms with Crippen LogP contribution in [0.4, 0.5) is 4.39 Å². The van der Waals surface area contributed by atoms with Crippen LogP contribution in [0.15, 0.2) is 24.3 Å². The molecule has 88 valence electrons. The lowest BCUT2D eigenvalue weighted by molar-refractivity contribution is 0.109. The highest BCUT2D eigenvalue weighted by molar-refractivity contribution is 5.30. The number of rotatable bonds is 5. The first kappa shape index (κ1) is 11.6. The molecule has 1 aliphatic rings.